The molecule has 0 saturated heterocycles. The number of hydrogen-bond donors (Lipinski definition) is 1. The predicted octanol–water partition coefficient (Wildman–Crippen LogP) is 3.90. The van der Waals surface area contributed by atoms with E-state index in [1.807, 2.05) is 52.0 Å². The molecular formula is C26H31N2O3-. The summed E-state index contributed by atoms with van der Waals surface area (Å²) in [6.45, 7) is 11.6. The summed E-state index contributed by atoms with van der Waals surface area (Å²) in [6.07, 6.45) is 0.141. The van der Waals surface area contributed by atoms with Crippen molar-refractivity contribution in [3.05, 3.63) is 87.7 Å². The largest absolute Gasteiger partial charge is 0.545 e. The molecule has 0 radical (unpaired) electrons. The highest BCUT2D eigenvalue weighted by molar-refractivity contribution is 5.89. The van der Waals surface area contributed by atoms with E-state index < -0.39 is 5.97 Å². The van der Waals surface area contributed by atoms with E-state index in [0.29, 0.717) is 19.6 Å². The van der Waals surface area contributed by atoms with Gasteiger partial charge in [0.25, 0.3) is 0 Å². The minimum absolute atomic E-state index is 0.141. The number of aromatic carboxylic acids is 1. The van der Waals surface area contributed by atoms with Gasteiger partial charge >= 0.3 is 0 Å². The van der Waals surface area contributed by atoms with Gasteiger partial charge in [-0.25, -0.2) is 0 Å². The number of hydrogen-bond acceptors (Lipinski definition) is 4. The predicted molar refractivity (Wildman–Crippen MR) is 121 cm³/mol. The van der Waals surface area contributed by atoms with Gasteiger partial charge in [0.2, 0.25) is 0 Å². The van der Waals surface area contributed by atoms with Crippen LogP contribution in [0.3, 0.4) is 0 Å². The molecule has 0 bridgehead atoms. The number of benzene rings is 2. The number of nitrogens with one attached hydrogen (secondary N) is 1. The average molecular weight is 420 g/mol. The SMILES string of the molecule is Cc1ccc(Cn2c(C)c(CNCc3ccc(OC(C)C)cc3)c(C(=O)[O-])c2C)cc1. The van der Waals surface area contributed by atoms with Crippen LogP contribution < -0.4 is 15.2 Å². The van der Waals surface area contributed by atoms with Crippen LogP contribution in [-0.2, 0) is 19.6 Å². The van der Waals surface area contributed by atoms with Crippen molar-refractivity contribution in [2.24, 2.45) is 0 Å². The molecule has 0 saturated carbocycles. The minimum Gasteiger partial charge on any atom is -0.545 e. The summed E-state index contributed by atoms with van der Waals surface area (Å²) in [5.41, 5.74) is 6.20. The number of carbonyl (C=O) groups excluding carboxylic acids is 1. The maximum atomic E-state index is 11.9. The molecule has 1 heterocycles. The van der Waals surface area contributed by atoms with E-state index in [9.17, 15) is 9.90 Å². The molecule has 0 atom stereocenters. The topological polar surface area (TPSA) is 66.3 Å². The van der Waals surface area contributed by atoms with E-state index in [1.165, 1.54) is 5.56 Å². The van der Waals surface area contributed by atoms with Gasteiger partial charge in [0.05, 0.1) is 12.1 Å². The molecule has 31 heavy (non-hydrogen) atoms. The van der Waals surface area contributed by atoms with E-state index in [0.717, 1.165) is 33.8 Å². The number of nitrogens with zero attached hydrogens (tertiary/aromatic N) is 1. The molecule has 5 nitrogen and oxygen atoms in total. The van der Waals surface area contributed by atoms with Gasteiger partial charge < -0.3 is 24.5 Å². The molecule has 0 aliphatic carbocycles. The molecular weight excluding hydrogens is 388 g/mol. The van der Waals surface area contributed by atoms with Crippen molar-refractivity contribution >= 4 is 5.97 Å². The first-order valence-electron chi connectivity index (χ1n) is 10.7. The van der Waals surface area contributed by atoms with Crippen molar-refractivity contribution in [2.45, 2.75) is 60.4 Å². The molecule has 1 N–H and O–H groups in total. The lowest BCUT2D eigenvalue weighted by Gasteiger charge is -2.12. The third-order valence-electron chi connectivity index (χ3n) is 5.50. The molecule has 0 fully saturated rings. The molecule has 1 aromatic heterocycles. The van der Waals surface area contributed by atoms with Gasteiger partial charge in [0.1, 0.15) is 5.75 Å². The fraction of sp³-hybridized carbons (Fsp3) is 0.346. The first-order valence-corrected chi connectivity index (χ1v) is 10.7. The second-order valence-corrected chi connectivity index (χ2v) is 8.30. The molecule has 0 amide bonds. The summed E-state index contributed by atoms with van der Waals surface area (Å²) in [5.74, 6) is -0.284. The number of aryl methyl sites for hydroxylation is 1. The summed E-state index contributed by atoms with van der Waals surface area (Å²) >= 11 is 0. The quantitative estimate of drug-likeness (QED) is 0.571. The first kappa shape index (κ1) is 22.6. The zero-order chi connectivity index (χ0) is 22.5. The van der Waals surface area contributed by atoms with Gasteiger partial charge in [-0.3, -0.25) is 0 Å². The smallest absolute Gasteiger partial charge is 0.119 e. The lowest BCUT2D eigenvalue weighted by Crippen LogP contribution is -2.25. The highest BCUT2D eigenvalue weighted by atomic mass is 16.5. The van der Waals surface area contributed by atoms with Crippen LogP contribution in [0, 0.1) is 20.8 Å². The standard InChI is InChI=1S/C26H32N2O3/c1-17(2)31-23-12-10-21(11-13-23)14-27-15-24-19(4)28(20(5)25(24)26(29)30)16-22-8-6-18(3)7-9-22/h6-13,17,27H,14-16H2,1-5H3,(H,29,30)/p-1. The van der Waals surface area contributed by atoms with E-state index >= 15 is 0 Å². The van der Waals surface area contributed by atoms with Crippen LogP contribution in [0.2, 0.25) is 0 Å². The Balaban J connectivity index is 1.74. The molecule has 2 aromatic carbocycles. The fourth-order valence-corrected chi connectivity index (χ4v) is 3.84. The number of carboxylic acids is 1. The van der Waals surface area contributed by atoms with Crippen LogP contribution in [0.1, 0.15) is 57.8 Å². The lowest BCUT2D eigenvalue weighted by atomic mass is 10.1. The summed E-state index contributed by atoms with van der Waals surface area (Å²) in [5, 5.41) is 15.3. The monoisotopic (exact) mass is 419 g/mol. The number of aromatic nitrogens is 1. The minimum atomic E-state index is -1.13. The second-order valence-electron chi connectivity index (χ2n) is 8.30. The van der Waals surface area contributed by atoms with Crippen molar-refractivity contribution in [3.8, 4) is 5.75 Å². The Bertz CT molecular complexity index is 1030. The van der Waals surface area contributed by atoms with Gasteiger partial charge in [0, 0.05) is 36.6 Å². The third kappa shape index (κ3) is 5.56. The molecule has 3 rings (SSSR count). The number of ether oxygens (including phenoxy) is 1. The number of carboxylic acid groups (broad SMARTS) is 1. The Kier molecular flexibility index (Phi) is 7.18. The fourth-order valence-electron chi connectivity index (χ4n) is 3.84. The molecule has 0 spiro atoms. The van der Waals surface area contributed by atoms with Crippen LogP contribution in [0.25, 0.3) is 0 Å². The zero-order valence-electron chi connectivity index (χ0n) is 19.0. The van der Waals surface area contributed by atoms with Crippen molar-refractivity contribution in [2.75, 3.05) is 0 Å². The van der Waals surface area contributed by atoms with Crippen LogP contribution in [0.4, 0.5) is 0 Å². The van der Waals surface area contributed by atoms with Crippen LogP contribution in [0.15, 0.2) is 48.5 Å². The summed E-state index contributed by atoms with van der Waals surface area (Å²) in [7, 11) is 0. The number of carbonyl (C=O) groups is 1. The van der Waals surface area contributed by atoms with Crippen molar-refractivity contribution < 1.29 is 14.6 Å². The second kappa shape index (κ2) is 9.84. The maximum Gasteiger partial charge on any atom is 0.119 e. The highest BCUT2D eigenvalue weighted by Gasteiger charge is 2.18. The summed E-state index contributed by atoms with van der Waals surface area (Å²) in [6, 6.07) is 16.3. The molecule has 0 aliphatic rings. The number of rotatable bonds is 9. The Hall–Kier alpha value is -3.05. The van der Waals surface area contributed by atoms with Gasteiger partial charge in [-0.2, -0.15) is 0 Å². The van der Waals surface area contributed by atoms with Crippen LogP contribution in [0.5, 0.6) is 5.75 Å². The zero-order valence-corrected chi connectivity index (χ0v) is 19.0. The van der Waals surface area contributed by atoms with Gasteiger partial charge in [-0.15, -0.1) is 0 Å². The van der Waals surface area contributed by atoms with E-state index in [4.69, 9.17) is 4.74 Å². The van der Waals surface area contributed by atoms with Crippen LogP contribution in [-0.4, -0.2) is 16.6 Å². The van der Waals surface area contributed by atoms with E-state index in [2.05, 4.69) is 41.1 Å². The van der Waals surface area contributed by atoms with Gasteiger partial charge in [-0.05, 0) is 63.4 Å². The maximum absolute atomic E-state index is 11.9. The van der Waals surface area contributed by atoms with Crippen molar-refractivity contribution in [1.29, 1.82) is 0 Å². The van der Waals surface area contributed by atoms with Crippen LogP contribution >= 0.6 is 0 Å². The Morgan fingerprint density at radius 1 is 0.935 bits per heavy atom. The van der Waals surface area contributed by atoms with Crippen molar-refractivity contribution in [3.63, 3.8) is 0 Å². The molecule has 0 aliphatic heterocycles. The summed E-state index contributed by atoms with van der Waals surface area (Å²) in [4.78, 5) is 11.9. The Labute approximate surface area is 184 Å². The highest BCUT2D eigenvalue weighted by Crippen LogP contribution is 2.24. The Morgan fingerprint density at radius 2 is 1.55 bits per heavy atom. The van der Waals surface area contributed by atoms with Crippen molar-refractivity contribution in [1.82, 2.24) is 9.88 Å². The molecule has 164 valence electrons. The summed E-state index contributed by atoms with van der Waals surface area (Å²) < 4.78 is 7.74. The molecule has 3 aromatic rings. The van der Waals surface area contributed by atoms with Gasteiger partial charge in [-0.1, -0.05) is 42.0 Å². The Morgan fingerprint density at radius 3 is 2.13 bits per heavy atom. The first-order chi connectivity index (χ1) is 14.8. The molecule has 5 heteroatoms. The lowest BCUT2D eigenvalue weighted by molar-refractivity contribution is -0.255. The normalized spacial score (nSPS) is 11.2. The molecule has 0 unspecified atom stereocenters. The van der Waals surface area contributed by atoms with E-state index in [1.54, 1.807) is 0 Å². The van der Waals surface area contributed by atoms with E-state index in [-0.39, 0.29) is 11.7 Å². The average Bonchev–Trinajstić information content (AvgIpc) is 2.95. The third-order valence-corrected chi connectivity index (χ3v) is 5.50. The van der Waals surface area contributed by atoms with Gasteiger partial charge in [0.15, 0.2) is 0 Å².